The Morgan fingerprint density at radius 2 is 1.68 bits per heavy atom. The van der Waals surface area contributed by atoms with Crippen molar-refractivity contribution in [3.63, 3.8) is 0 Å². The monoisotopic (exact) mass is 343 g/mol. The van der Waals surface area contributed by atoms with Crippen molar-refractivity contribution in [1.29, 1.82) is 0 Å². The third kappa shape index (κ3) is 3.13. The molecule has 0 bridgehead atoms. The quantitative estimate of drug-likeness (QED) is 0.863. The molecule has 2 rings (SSSR count). The van der Waals surface area contributed by atoms with E-state index in [1.54, 1.807) is 24.3 Å². The van der Waals surface area contributed by atoms with Gasteiger partial charge in [-0.15, -0.1) is 0 Å². The maximum atomic E-state index is 13.5. The Morgan fingerprint density at radius 1 is 1.05 bits per heavy atom. The number of para-hydroxylation sites is 1. The number of sulfonamides is 1. The van der Waals surface area contributed by atoms with Crippen LogP contribution < -0.4 is 4.72 Å². The fraction of sp³-hybridized carbons (Fsp3) is 0.0769. The minimum atomic E-state index is -3.92. The van der Waals surface area contributed by atoms with Gasteiger partial charge in [0.1, 0.15) is 10.7 Å². The molecule has 6 heteroatoms. The van der Waals surface area contributed by atoms with E-state index in [1.165, 1.54) is 18.2 Å². The Hall–Kier alpha value is -1.40. The van der Waals surface area contributed by atoms with Gasteiger partial charge in [-0.3, -0.25) is 4.72 Å². The first-order valence-electron chi connectivity index (χ1n) is 5.46. The lowest BCUT2D eigenvalue weighted by Gasteiger charge is -2.11. The number of benzene rings is 2. The molecule has 2 aromatic rings. The Morgan fingerprint density at radius 3 is 2.37 bits per heavy atom. The van der Waals surface area contributed by atoms with Crippen molar-refractivity contribution in [3.8, 4) is 0 Å². The molecule has 0 atom stereocenters. The largest absolute Gasteiger partial charge is 0.279 e. The minimum absolute atomic E-state index is 0.362. The van der Waals surface area contributed by atoms with Crippen molar-refractivity contribution >= 4 is 31.6 Å². The fourth-order valence-electron chi connectivity index (χ4n) is 1.60. The second-order valence-corrected chi connectivity index (χ2v) is 6.04. The first kappa shape index (κ1) is 14.0. The molecule has 0 amide bonds. The highest BCUT2D eigenvalue weighted by atomic mass is 79.9. The number of halogens is 2. The van der Waals surface area contributed by atoms with Crippen molar-refractivity contribution in [2.75, 3.05) is 4.72 Å². The van der Waals surface area contributed by atoms with Gasteiger partial charge in [0.05, 0.1) is 5.69 Å². The summed E-state index contributed by atoms with van der Waals surface area (Å²) in [5.74, 6) is -0.772. The summed E-state index contributed by atoms with van der Waals surface area (Å²) in [4.78, 5) is -0.362. The predicted molar refractivity (Wildman–Crippen MR) is 76.3 cm³/mol. The molecule has 0 heterocycles. The van der Waals surface area contributed by atoms with Gasteiger partial charge in [0, 0.05) is 5.33 Å². The maximum Gasteiger partial charge on any atom is 0.264 e. The van der Waals surface area contributed by atoms with Crippen LogP contribution in [0.4, 0.5) is 10.1 Å². The van der Waals surface area contributed by atoms with Gasteiger partial charge in [-0.05, 0) is 23.8 Å². The third-order valence-corrected chi connectivity index (χ3v) is 4.53. The zero-order chi connectivity index (χ0) is 13.9. The normalized spacial score (nSPS) is 11.3. The van der Waals surface area contributed by atoms with Crippen LogP contribution in [0.25, 0.3) is 0 Å². The van der Waals surface area contributed by atoms with Gasteiger partial charge in [-0.2, -0.15) is 0 Å². The molecule has 0 aromatic heterocycles. The molecule has 3 nitrogen and oxygen atoms in total. The number of rotatable bonds is 4. The van der Waals surface area contributed by atoms with E-state index in [2.05, 4.69) is 20.7 Å². The van der Waals surface area contributed by atoms with Crippen molar-refractivity contribution in [1.82, 2.24) is 0 Å². The fourth-order valence-corrected chi connectivity index (χ4v) is 3.27. The summed E-state index contributed by atoms with van der Waals surface area (Å²) in [6.07, 6.45) is 0. The van der Waals surface area contributed by atoms with E-state index >= 15 is 0 Å². The molecule has 0 radical (unpaired) electrons. The zero-order valence-electron chi connectivity index (χ0n) is 9.81. The van der Waals surface area contributed by atoms with Gasteiger partial charge in [0.15, 0.2) is 0 Å². The van der Waals surface area contributed by atoms with Crippen molar-refractivity contribution in [3.05, 3.63) is 59.9 Å². The molecular weight excluding hydrogens is 333 g/mol. The molecule has 0 aliphatic carbocycles. The highest BCUT2D eigenvalue weighted by molar-refractivity contribution is 9.08. The molecule has 0 spiro atoms. The van der Waals surface area contributed by atoms with E-state index < -0.39 is 15.8 Å². The van der Waals surface area contributed by atoms with Gasteiger partial charge < -0.3 is 0 Å². The zero-order valence-corrected chi connectivity index (χ0v) is 12.2. The van der Waals surface area contributed by atoms with Crippen LogP contribution in [0.5, 0.6) is 0 Å². The van der Waals surface area contributed by atoms with Crippen LogP contribution in [-0.4, -0.2) is 8.42 Å². The van der Waals surface area contributed by atoms with E-state index in [1.807, 2.05) is 0 Å². The van der Waals surface area contributed by atoms with Crippen LogP contribution in [0, 0.1) is 5.82 Å². The molecule has 0 unspecified atom stereocenters. The number of hydrogen-bond donors (Lipinski definition) is 1. The lowest BCUT2D eigenvalue weighted by atomic mass is 10.2. The highest BCUT2D eigenvalue weighted by Crippen LogP contribution is 2.23. The number of alkyl halides is 1. The van der Waals surface area contributed by atoms with Gasteiger partial charge in [-0.25, -0.2) is 12.8 Å². The summed E-state index contributed by atoms with van der Waals surface area (Å²) in [5.41, 5.74) is 1.21. The minimum Gasteiger partial charge on any atom is -0.279 e. The van der Waals surface area contributed by atoms with Crippen LogP contribution in [-0.2, 0) is 15.4 Å². The van der Waals surface area contributed by atoms with Crippen molar-refractivity contribution in [2.24, 2.45) is 0 Å². The van der Waals surface area contributed by atoms with Crippen LogP contribution in [0.15, 0.2) is 53.4 Å². The Balaban J connectivity index is 2.40. The Bertz CT molecular complexity index is 689. The van der Waals surface area contributed by atoms with E-state index in [0.717, 1.165) is 11.6 Å². The van der Waals surface area contributed by atoms with Crippen LogP contribution >= 0.6 is 15.9 Å². The molecular formula is C13H11BrFNO2S. The van der Waals surface area contributed by atoms with Gasteiger partial charge in [-0.1, -0.05) is 46.3 Å². The summed E-state index contributed by atoms with van der Waals surface area (Å²) in [6.45, 7) is 0. The smallest absolute Gasteiger partial charge is 0.264 e. The average molecular weight is 344 g/mol. The van der Waals surface area contributed by atoms with Crippen LogP contribution in [0.1, 0.15) is 5.56 Å². The van der Waals surface area contributed by atoms with Gasteiger partial charge in [0.25, 0.3) is 10.0 Å². The summed E-state index contributed by atoms with van der Waals surface area (Å²) in [5, 5.41) is 0.503. The van der Waals surface area contributed by atoms with E-state index in [0.29, 0.717) is 11.0 Å². The van der Waals surface area contributed by atoms with Crippen molar-refractivity contribution in [2.45, 2.75) is 10.2 Å². The average Bonchev–Trinajstić information content (AvgIpc) is 2.39. The summed E-state index contributed by atoms with van der Waals surface area (Å²) in [6, 6.07) is 12.2. The number of hydrogen-bond acceptors (Lipinski definition) is 2. The second-order valence-electron chi connectivity index (χ2n) is 3.83. The first-order valence-corrected chi connectivity index (χ1v) is 8.06. The lowest BCUT2D eigenvalue weighted by molar-refractivity contribution is 0.570. The molecule has 0 aliphatic rings. The predicted octanol–water partition coefficient (Wildman–Crippen LogP) is 3.52. The van der Waals surface area contributed by atoms with E-state index in [4.69, 9.17) is 0 Å². The molecule has 2 aromatic carbocycles. The third-order valence-electron chi connectivity index (χ3n) is 2.53. The SMILES string of the molecule is O=S(=O)(Nc1ccccc1CBr)c1ccccc1F. The topological polar surface area (TPSA) is 46.2 Å². The first-order chi connectivity index (χ1) is 9.04. The molecule has 1 N–H and O–H groups in total. The molecule has 19 heavy (non-hydrogen) atoms. The highest BCUT2D eigenvalue weighted by Gasteiger charge is 2.19. The molecule has 0 aliphatic heterocycles. The molecule has 0 fully saturated rings. The Labute approximate surface area is 119 Å². The van der Waals surface area contributed by atoms with Gasteiger partial charge in [0.2, 0.25) is 0 Å². The standard InChI is InChI=1S/C13H11BrFNO2S/c14-9-10-5-1-3-7-12(10)16-19(17,18)13-8-4-2-6-11(13)15/h1-8,16H,9H2. The van der Waals surface area contributed by atoms with Crippen molar-refractivity contribution < 1.29 is 12.8 Å². The summed E-state index contributed by atoms with van der Waals surface area (Å²) in [7, 11) is -3.92. The number of nitrogens with one attached hydrogen (secondary N) is 1. The molecule has 0 saturated carbocycles. The molecule has 100 valence electrons. The molecule has 0 saturated heterocycles. The van der Waals surface area contributed by atoms with Gasteiger partial charge >= 0.3 is 0 Å². The van der Waals surface area contributed by atoms with Crippen LogP contribution in [0.2, 0.25) is 0 Å². The maximum absolute atomic E-state index is 13.5. The summed E-state index contributed by atoms with van der Waals surface area (Å²) >= 11 is 3.28. The van der Waals surface area contributed by atoms with Crippen LogP contribution in [0.3, 0.4) is 0 Å². The summed E-state index contributed by atoms with van der Waals surface area (Å²) < 4.78 is 40.2. The van der Waals surface area contributed by atoms with E-state index in [9.17, 15) is 12.8 Å². The lowest BCUT2D eigenvalue weighted by Crippen LogP contribution is -2.15. The second kappa shape index (κ2) is 5.71. The number of anilines is 1. The Kier molecular flexibility index (Phi) is 4.21. The van der Waals surface area contributed by atoms with E-state index in [-0.39, 0.29) is 4.90 Å².